The highest BCUT2D eigenvalue weighted by molar-refractivity contribution is 6.30. The number of imidazole rings is 1. The Bertz CT molecular complexity index is 441. The Kier molecular flexibility index (Phi) is 2.99. The number of hydrogen-bond acceptors (Lipinski definition) is 3. The Morgan fingerprint density at radius 2 is 2.33 bits per heavy atom. The van der Waals surface area contributed by atoms with E-state index in [1.54, 1.807) is 12.4 Å². The van der Waals surface area contributed by atoms with Gasteiger partial charge in [-0.25, -0.2) is 4.98 Å². The molecule has 2 aromatic heterocycles. The lowest BCUT2D eigenvalue weighted by Gasteiger charge is -1.94. The van der Waals surface area contributed by atoms with Crippen molar-refractivity contribution in [3.63, 3.8) is 0 Å². The van der Waals surface area contributed by atoms with Crippen molar-refractivity contribution in [2.45, 2.75) is 6.42 Å². The quantitative estimate of drug-likeness (QED) is 0.832. The van der Waals surface area contributed by atoms with Crippen molar-refractivity contribution in [1.29, 1.82) is 0 Å². The molecule has 5 heteroatoms. The van der Waals surface area contributed by atoms with Crippen LogP contribution in [0.3, 0.4) is 0 Å². The third-order valence-corrected chi connectivity index (χ3v) is 2.34. The SMILES string of the molecule is OCCc1[nH]c(-c2cccnc2)nc1Cl. The summed E-state index contributed by atoms with van der Waals surface area (Å²) in [6.45, 7) is 0.0500. The summed E-state index contributed by atoms with van der Waals surface area (Å²) in [6, 6.07) is 3.72. The van der Waals surface area contributed by atoms with Crippen molar-refractivity contribution >= 4 is 11.6 Å². The lowest BCUT2D eigenvalue weighted by atomic mass is 10.3. The van der Waals surface area contributed by atoms with E-state index in [9.17, 15) is 0 Å². The predicted octanol–water partition coefficient (Wildman–Crippen LogP) is 1.66. The molecule has 4 nitrogen and oxygen atoms in total. The number of hydrogen-bond donors (Lipinski definition) is 2. The van der Waals surface area contributed by atoms with Crippen molar-refractivity contribution in [2.24, 2.45) is 0 Å². The van der Waals surface area contributed by atoms with Gasteiger partial charge in [0.25, 0.3) is 0 Å². The average molecular weight is 224 g/mol. The van der Waals surface area contributed by atoms with Crippen molar-refractivity contribution in [3.05, 3.63) is 35.4 Å². The van der Waals surface area contributed by atoms with Gasteiger partial charge in [0.2, 0.25) is 0 Å². The Balaban J connectivity index is 2.34. The van der Waals surface area contributed by atoms with Crippen LogP contribution in [-0.4, -0.2) is 26.7 Å². The molecule has 0 saturated carbocycles. The number of rotatable bonds is 3. The predicted molar refractivity (Wildman–Crippen MR) is 57.6 cm³/mol. The fourth-order valence-corrected chi connectivity index (χ4v) is 1.53. The first-order valence-electron chi connectivity index (χ1n) is 4.57. The van der Waals surface area contributed by atoms with Gasteiger partial charge in [0.05, 0.1) is 5.69 Å². The van der Waals surface area contributed by atoms with E-state index in [1.807, 2.05) is 12.1 Å². The zero-order valence-corrected chi connectivity index (χ0v) is 8.70. The van der Waals surface area contributed by atoms with E-state index in [1.165, 1.54) is 0 Å². The van der Waals surface area contributed by atoms with Crippen LogP contribution in [0.2, 0.25) is 5.15 Å². The van der Waals surface area contributed by atoms with Crippen LogP contribution in [0.15, 0.2) is 24.5 Å². The van der Waals surface area contributed by atoms with E-state index in [2.05, 4.69) is 15.0 Å². The van der Waals surface area contributed by atoms with Gasteiger partial charge in [-0.15, -0.1) is 0 Å². The highest BCUT2D eigenvalue weighted by atomic mass is 35.5. The average Bonchev–Trinajstić information content (AvgIpc) is 2.63. The Hall–Kier alpha value is -1.39. The molecule has 0 radical (unpaired) electrons. The molecule has 2 rings (SSSR count). The van der Waals surface area contributed by atoms with Crippen LogP contribution in [0.4, 0.5) is 0 Å². The number of nitrogens with one attached hydrogen (secondary N) is 1. The second-order valence-corrected chi connectivity index (χ2v) is 3.43. The molecule has 0 amide bonds. The number of halogens is 1. The molecule has 0 fully saturated rings. The smallest absolute Gasteiger partial charge is 0.150 e. The largest absolute Gasteiger partial charge is 0.396 e. The highest BCUT2D eigenvalue weighted by Crippen LogP contribution is 2.20. The minimum absolute atomic E-state index is 0.0500. The highest BCUT2D eigenvalue weighted by Gasteiger charge is 2.08. The summed E-state index contributed by atoms with van der Waals surface area (Å²) in [6.07, 6.45) is 3.88. The monoisotopic (exact) mass is 223 g/mol. The molecule has 0 bridgehead atoms. The summed E-state index contributed by atoms with van der Waals surface area (Å²) in [5.41, 5.74) is 1.63. The lowest BCUT2D eigenvalue weighted by molar-refractivity contribution is 0.298. The molecular formula is C10H10ClN3O. The summed E-state index contributed by atoms with van der Waals surface area (Å²) in [7, 11) is 0. The Morgan fingerprint density at radius 1 is 1.47 bits per heavy atom. The Labute approximate surface area is 92.0 Å². The molecule has 0 saturated heterocycles. The van der Waals surface area contributed by atoms with Gasteiger partial charge in [0.1, 0.15) is 5.82 Å². The third kappa shape index (κ3) is 2.16. The molecule has 2 heterocycles. The maximum atomic E-state index is 8.81. The van der Waals surface area contributed by atoms with Gasteiger partial charge >= 0.3 is 0 Å². The molecule has 0 atom stereocenters. The first kappa shape index (κ1) is 10.1. The molecule has 0 unspecified atom stereocenters. The summed E-state index contributed by atoms with van der Waals surface area (Å²) < 4.78 is 0. The van der Waals surface area contributed by atoms with E-state index >= 15 is 0 Å². The van der Waals surface area contributed by atoms with Crippen LogP contribution < -0.4 is 0 Å². The topological polar surface area (TPSA) is 61.8 Å². The number of nitrogens with zero attached hydrogens (tertiary/aromatic N) is 2. The van der Waals surface area contributed by atoms with Crippen molar-refractivity contribution in [2.75, 3.05) is 6.61 Å². The molecule has 78 valence electrons. The van der Waals surface area contributed by atoms with Gasteiger partial charge in [-0.2, -0.15) is 0 Å². The minimum atomic E-state index is 0.0500. The van der Waals surface area contributed by atoms with E-state index < -0.39 is 0 Å². The van der Waals surface area contributed by atoms with Gasteiger partial charge in [-0.05, 0) is 12.1 Å². The molecule has 0 aliphatic heterocycles. The standard InChI is InChI=1S/C10H10ClN3O/c11-9-8(3-5-15)13-10(14-9)7-2-1-4-12-6-7/h1-2,4,6,15H,3,5H2,(H,13,14). The van der Waals surface area contributed by atoms with Crippen molar-refractivity contribution in [3.8, 4) is 11.4 Å². The van der Waals surface area contributed by atoms with Crippen LogP contribution in [-0.2, 0) is 6.42 Å². The summed E-state index contributed by atoms with van der Waals surface area (Å²) in [5.74, 6) is 0.677. The van der Waals surface area contributed by atoms with E-state index in [4.69, 9.17) is 16.7 Å². The van der Waals surface area contributed by atoms with E-state index in [0.29, 0.717) is 17.4 Å². The second kappa shape index (κ2) is 4.42. The van der Waals surface area contributed by atoms with Crippen LogP contribution in [0.5, 0.6) is 0 Å². The number of aromatic nitrogens is 3. The molecule has 15 heavy (non-hydrogen) atoms. The van der Waals surface area contributed by atoms with Crippen LogP contribution in [0.25, 0.3) is 11.4 Å². The minimum Gasteiger partial charge on any atom is -0.396 e. The molecule has 0 spiro atoms. The van der Waals surface area contributed by atoms with Gasteiger partial charge in [-0.3, -0.25) is 4.98 Å². The lowest BCUT2D eigenvalue weighted by Crippen LogP contribution is -1.91. The van der Waals surface area contributed by atoms with Crippen LogP contribution in [0, 0.1) is 0 Å². The van der Waals surface area contributed by atoms with Crippen LogP contribution >= 0.6 is 11.6 Å². The number of pyridine rings is 1. The van der Waals surface area contributed by atoms with E-state index in [0.717, 1.165) is 11.3 Å². The van der Waals surface area contributed by atoms with Gasteiger partial charge in [-0.1, -0.05) is 11.6 Å². The normalized spacial score (nSPS) is 10.5. The maximum Gasteiger partial charge on any atom is 0.150 e. The van der Waals surface area contributed by atoms with Crippen LogP contribution in [0.1, 0.15) is 5.69 Å². The number of H-pyrrole nitrogens is 1. The molecular weight excluding hydrogens is 214 g/mol. The Morgan fingerprint density at radius 3 is 3.00 bits per heavy atom. The zero-order valence-electron chi connectivity index (χ0n) is 7.94. The summed E-state index contributed by atoms with van der Waals surface area (Å²) >= 11 is 5.90. The van der Waals surface area contributed by atoms with Gasteiger partial charge < -0.3 is 10.1 Å². The van der Waals surface area contributed by atoms with Crippen molar-refractivity contribution < 1.29 is 5.11 Å². The van der Waals surface area contributed by atoms with Gasteiger partial charge in [0, 0.05) is 31.0 Å². The molecule has 2 aromatic rings. The fourth-order valence-electron chi connectivity index (χ4n) is 1.31. The molecule has 0 aliphatic carbocycles. The molecule has 0 aromatic carbocycles. The third-order valence-electron chi connectivity index (χ3n) is 2.03. The number of aliphatic hydroxyl groups excluding tert-OH is 1. The van der Waals surface area contributed by atoms with E-state index in [-0.39, 0.29) is 6.61 Å². The summed E-state index contributed by atoms with van der Waals surface area (Å²) in [4.78, 5) is 11.2. The van der Waals surface area contributed by atoms with Crippen molar-refractivity contribution in [1.82, 2.24) is 15.0 Å². The number of aliphatic hydroxyl groups is 1. The summed E-state index contributed by atoms with van der Waals surface area (Å²) in [5, 5.41) is 9.21. The first-order valence-corrected chi connectivity index (χ1v) is 4.94. The zero-order chi connectivity index (χ0) is 10.7. The maximum absolute atomic E-state index is 8.81. The molecule has 0 aliphatic rings. The number of aromatic amines is 1. The fraction of sp³-hybridized carbons (Fsp3) is 0.200. The molecule has 2 N–H and O–H groups in total. The second-order valence-electron chi connectivity index (χ2n) is 3.07. The van der Waals surface area contributed by atoms with Gasteiger partial charge in [0.15, 0.2) is 5.15 Å². The first-order chi connectivity index (χ1) is 7.31.